The third kappa shape index (κ3) is 6.08. The summed E-state index contributed by atoms with van der Waals surface area (Å²) in [6, 6.07) is 72.3. The van der Waals surface area contributed by atoms with Crippen LogP contribution in [-0.4, -0.2) is 24.5 Å². The summed E-state index contributed by atoms with van der Waals surface area (Å²) in [5, 5.41) is 4.88. The van der Waals surface area contributed by atoms with Crippen molar-refractivity contribution in [3.8, 4) is 73.4 Å². The van der Waals surface area contributed by atoms with E-state index in [1.54, 1.807) is 0 Å². The molecule has 0 N–H and O–H groups in total. The van der Waals surface area contributed by atoms with Crippen molar-refractivity contribution in [2.24, 2.45) is 0 Å². The highest BCUT2D eigenvalue weighted by molar-refractivity contribution is 7.26. The molecular weight excluding hydrogens is 775 g/mol. The molecule has 5 nitrogen and oxygen atoms in total. The Balaban J connectivity index is 1.13. The van der Waals surface area contributed by atoms with Gasteiger partial charge >= 0.3 is 0 Å². The molecule has 0 fully saturated rings. The lowest BCUT2D eigenvalue weighted by atomic mass is 9.93. The Labute approximate surface area is 361 Å². The number of hydrogen-bond acceptors (Lipinski definition) is 5. The average Bonchev–Trinajstić information content (AvgIpc) is 3.90. The van der Waals surface area contributed by atoms with E-state index in [9.17, 15) is 0 Å². The Hall–Kier alpha value is -8.06. The molecule has 0 saturated heterocycles. The zero-order valence-corrected chi connectivity index (χ0v) is 34.2. The van der Waals surface area contributed by atoms with Crippen LogP contribution in [0.1, 0.15) is 0 Å². The fraction of sp³-hybridized carbons (Fsp3) is 0. The van der Waals surface area contributed by atoms with Gasteiger partial charge in [-0.25, -0.2) is 15.0 Å². The molecule has 0 unspecified atom stereocenters. The molecule has 0 spiro atoms. The smallest absolute Gasteiger partial charge is 0.166 e. The number of nitrogens with zero attached hydrogens (tertiary/aromatic N) is 5. The van der Waals surface area contributed by atoms with E-state index in [-0.39, 0.29) is 0 Å². The average molecular weight is 810 g/mol. The van der Waals surface area contributed by atoms with E-state index in [1.165, 1.54) is 42.0 Å². The highest BCUT2D eigenvalue weighted by Gasteiger charge is 2.22. The van der Waals surface area contributed by atoms with Crippen LogP contribution in [0.25, 0.3) is 115 Å². The van der Waals surface area contributed by atoms with Crippen LogP contribution < -0.4 is 0 Å². The van der Waals surface area contributed by atoms with E-state index >= 15 is 0 Å². The van der Waals surface area contributed by atoms with E-state index in [4.69, 9.17) is 19.9 Å². The monoisotopic (exact) mass is 809 g/mol. The lowest BCUT2D eigenvalue weighted by Crippen LogP contribution is -2.02. The van der Waals surface area contributed by atoms with Crippen LogP contribution in [0.3, 0.4) is 0 Å². The molecule has 62 heavy (non-hydrogen) atoms. The molecule has 4 heterocycles. The molecule has 0 aliphatic rings. The van der Waals surface area contributed by atoms with Crippen molar-refractivity contribution >= 4 is 53.3 Å². The lowest BCUT2D eigenvalue weighted by molar-refractivity contribution is 1.07. The minimum Gasteiger partial charge on any atom is -0.309 e. The molecular formula is C56H35N5S. The summed E-state index contributed by atoms with van der Waals surface area (Å²) < 4.78 is 4.88. The highest BCUT2D eigenvalue weighted by Crippen LogP contribution is 2.45. The van der Waals surface area contributed by atoms with E-state index in [0.29, 0.717) is 17.5 Å². The summed E-state index contributed by atoms with van der Waals surface area (Å²) in [4.78, 5) is 20.9. The summed E-state index contributed by atoms with van der Waals surface area (Å²) in [5.74, 6) is 1.76. The molecule has 6 heteroatoms. The topological polar surface area (TPSA) is 56.5 Å². The first-order chi connectivity index (χ1) is 30.7. The van der Waals surface area contributed by atoms with Crippen LogP contribution >= 0.6 is 11.3 Å². The van der Waals surface area contributed by atoms with Gasteiger partial charge in [0.05, 0.1) is 16.7 Å². The van der Waals surface area contributed by atoms with Gasteiger partial charge in [-0.1, -0.05) is 164 Å². The fourth-order valence-corrected chi connectivity index (χ4v) is 9.94. The summed E-state index contributed by atoms with van der Waals surface area (Å²) in [7, 11) is 0. The Kier molecular flexibility index (Phi) is 8.61. The third-order valence-electron chi connectivity index (χ3n) is 11.7. The van der Waals surface area contributed by atoms with E-state index in [2.05, 4.69) is 150 Å². The maximum atomic E-state index is 5.37. The Morgan fingerprint density at radius 3 is 1.63 bits per heavy atom. The molecule has 0 bridgehead atoms. The number of para-hydroxylation sites is 2. The molecule has 290 valence electrons. The normalized spacial score (nSPS) is 11.5. The van der Waals surface area contributed by atoms with Crippen LogP contribution in [-0.2, 0) is 0 Å². The first kappa shape index (κ1) is 35.8. The summed E-state index contributed by atoms with van der Waals surface area (Å²) in [6.45, 7) is 0. The van der Waals surface area contributed by atoms with Crippen LogP contribution in [0, 0.1) is 0 Å². The predicted molar refractivity (Wildman–Crippen MR) is 257 cm³/mol. The Morgan fingerprint density at radius 2 is 0.935 bits per heavy atom. The Morgan fingerprint density at radius 1 is 0.371 bits per heavy atom. The molecule has 0 amide bonds. The predicted octanol–water partition coefficient (Wildman–Crippen LogP) is 14.7. The molecule has 4 aromatic heterocycles. The summed E-state index contributed by atoms with van der Waals surface area (Å²) in [6.07, 6.45) is 2.00. The number of hydrogen-bond donors (Lipinski definition) is 0. The highest BCUT2D eigenvalue weighted by atomic mass is 32.1. The van der Waals surface area contributed by atoms with Gasteiger partial charge in [0.1, 0.15) is 0 Å². The molecule has 0 radical (unpaired) electrons. The SMILES string of the molecule is c1ccc(-c2nc(-c3ccccc3)nc(-c3cc(-c4ccccc4-c4ccccc4)cnc3-c3ccc4sc5ccc6c7ccccc7n(-c7ccccc7)c6c5c4c3)n2)cc1. The number of rotatable bonds is 7. The maximum absolute atomic E-state index is 5.37. The number of aromatic nitrogens is 5. The number of fused-ring (bicyclic) bond motifs is 7. The second kappa shape index (κ2) is 14.9. The van der Waals surface area contributed by atoms with Crippen molar-refractivity contribution in [3.05, 3.63) is 212 Å². The summed E-state index contributed by atoms with van der Waals surface area (Å²) >= 11 is 1.83. The second-order valence-electron chi connectivity index (χ2n) is 15.4. The van der Waals surface area contributed by atoms with Crippen LogP contribution in [0.15, 0.2) is 212 Å². The van der Waals surface area contributed by atoms with Crippen LogP contribution in [0.5, 0.6) is 0 Å². The van der Waals surface area contributed by atoms with E-state index in [1.807, 2.05) is 78.2 Å². The molecule has 12 rings (SSSR count). The quantitative estimate of drug-likeness (QED) is 0.161. The number of benzene rings is 8. The standard InChI is InChI=1S/C56H35N5S/c1-5-17-36(18-6-1)42-25-13-14-26-43(42)40-34-47(56-59-54(37-19-7-2-8-20-37)58-55(60-56)38-21-9-3-10-22-38)52(57-35-40)39-29-31-49-46(33-39)51-50(62-49)32-30-45-44-27-15-16-28-48(44)61(53(45)51)41-23-11-4-12-24-41/h1-35H. The zero-order valence-electron chi connectivity index (χ0n) is 33.4. The van der Waals surface area contributed by atoms with Gasteiger partial charge in [-0.15, -0.1) is 11.3 Å². The minimum absolute atomic E-state index is 0.557. The minimum atomic E-state index is 0.557. The molecule has 12 aromatic rings. The van der Waals surface area contributed by atoms with E-state index in [0.717, 1.165) is 55.9 Å². The fourth-order valence-electron chi connectivity index (χ4n) is 8.86. The molecule has 0 saturated carbocycles. The molecule has 8 aromatic carbocycles. The van der Waals surface area contributed by atoms with Gasteiger partial charge in [0.15, 0.2) is 17.5 Å². The van der Waals surface area contributed by atoms with Gasteiger partial charge in [0, 0.05) is 70.6 Å². The third-order valence-corrected chi connectivity index (χ3v) is 12.8. The van der Waals surface area contributed by atoms with Crippen molar-refractivity contribution < 1.29 is 0 Å². The van der Waals surface area contributed by atoms with E-state index < -0.39 is 0 Å². The first-order valence-electron chi connectivity index (χ1n) is 20.7. The number of pyridine rings is 1. The van der Waals surface area contributed by atoms with Crippen LogP contribution in [0.2, 0.25) is 0 Å². The van der Waals surface area contributed by atoms with Gasteiger partial charge in [-0.3, -0.25) is 4.98 Å². The van der Waals surface area contributed by atoms with Crippen molar-refractivity contribution in [2.75, 3.05) is 0 Å². The van der Waals surface area contributed by atoms with Gasteiger partial charge < -0.3 is 4.57 Å². The van der Waals surface area contributed by atoms with Crippen molar-refractivity contribution in [1.29, 1.82) is 0 Å². The van der Waals surface area contributed by atoms with Crippen molar-refractivity contribution in [2.45, 2.75) is 0 Å². The van der Waals surface area contributed by atoms with Gasteiger partial charge in [-0.05, 0) is 59.2 Å². The summed E-state index contributed by atoms with van der Waals surface area (Å²) in [5.41, 5.74) is 12.3. The van der Waals surface area contributed by atoms with Gasteiger partial charge in [0.2, 0.25) is 0 Å². The van der Waals surface area contributed by atoms with Gasteiger partial charge in [0.25, 0.3) is 0 Å². The second-order valence-corrected chi connectivity index (χ2v) is 16.5. The van der Waals surface area contributed by atoms with Gasteiger partial charge in [-0.2, -0.15) is 0 Å². The Bertz CT molecular complexity index is 3560. The zero-order chi connectivity index (χ0) is 41.0. The molecule has 0 atom stereocenters. The van der Waals surface area contributed by atoms with Crippen molar-refractivity contribution in [1.82, 2.24) is 24.5 Å². The number of thiophene rings is 1. The van der Waals surface area contributed by atoms with Crippen LogP contribution in [0.4, 0.5) is 0 Å². The largest absolute Gasteiger partial charge is 0.309 e. The lowest BCUT2D eigenvalue weighted by Gasteiger charge is -2.15. The first-order valence-corrected chi connectivity index (χ1v) is 21.5. The maximum Gasteiger partial charge on any atom is 0.166 e. The molecule has 0 aliphatic heterocycles. The molecule has 0 aliphatic carbocycles. The van der Waals surface area contributed by atoms with Crippen molar-refractivity contribution in [3.63, 3.8) is 0 Å².